The van der Waals surface area contributed by atoms with Gasteiger partial charge in [-0.1, -0.05) is 5.16 Å². The van der Waals surface area contributed by atoms with E-state index in [2.05, 4.69) is 20.4 Å². The summed E-state index contributed by atoms with van der Waals surface area (Å²) in [6.45, 7) is 1.74. The molecule has 0 spiro atoms. The Hall–Kier alpha value is -3.03. The number of hydrogen-bond donors (Lipinski definition) is 3. The second kappa shape index (κ2) is 5.95. The van der Waals surface area contributed by atoms with Crippen LogP contribution in [0.15, 0.2) is 35.7 Å². The van der Waals surface area contributed by atoms with Crippen molar-refractivity contribution in [2.75, 3.05) is 5.32 Å². The van der Waals surface area contributed by atoms with Crippen molar-refractivity contribution >= 4 is 17.4 Å². The number of rotatable bonds is 3. The third kappa shape index (κ3) is 3.30. The van der Waals surface area contributed by atoms with Crippen molar-refractivity contribution in [2.45, 2.75) is 6.92 Å². The number of nitrogens with two attached hydrogens (primary N) is 1. The predicted octanol–water partition coefficient (Wildman–Crippen LogP) is 1.27. The minimum absolute atomic E-state index is 0.0610. The lowest BCUT2D eigenvalue weighted by molar-refractivity contribution is 0.102. The van der Waals surface area contributed by atoms with E-state index in [4.69, 9.17) is 10.9 Å². The molecule has 2 aromatic rings. The van der Waals surface area contributed by atoms with Crippen LogP contribution in [-0.2, 0) is 0 Å². The Morgan fingerprint density at radius 1 is 1.38 bits per heavy atom. The van der Waals surface area contributed by atoms with Gasteiger partial charge < -0.3 is 16.3 Å². The van der Waals surface area contributed by atoms with E-state index in [0.717, 1.165) is 12.1 Å². The SMILES string of the molecule is Cc1cnc(C(=O)Nc2ccc(F)cc2/C(N)=N/O)cn1. The number of anilines is 1. The number of hydrogen-bond acceptors (Lipinski definition) is 5. The van der Waals surface area contributed by atoms with Crippen LogP contribution in [0.5, 0.6) is 0 Å². The highest BCUT2D eigenvalue weighted by atomic mass is 19.1. The second-order valence-corrected chi connectivity index (χ2v) is 4.17. The number of aromatic nitrogens is 2. The zero-order valence-electron chi connectivity index (χ0n) is 11.0. The van der Waals surface area contributed by atoms with Crippen LogP contribution in [0.4, 0.5) is 10.1 Å². The van der Waals surface area contributed by atoms with Crippen LogP contribution in [0, 0.1) is 12.7 Å². The van der Waals surface area contributed by atoms with E-state index in [1.807, 2.05) is 0 Å². The lowest BCUT2D eigenvalue weighted by atomic mass is 10.1. The normalized spacial score (nSPS) is 11.2. The van der Waals surface area contributed by atoms with Crippen molar-refractivity contribution in [3.63, 3.8) is 0 Å². The predicted molar refractivity (Wildman–Crippen MR) is 73.6 cm³/mol. The van der Waals surface area contributed by atoms with Crippen molar-refractivity contribution in [1.82, 2.24) is 9.97 Å². The first-order valence-electron chi connectivity index (χ1n) is 5.88. The molecule has 2 rings (SSSR count). The maximum Gasteiger partial charge on any atom is 0.275 e. The first kappa shape index (κ1) is 14.4. The minimum Gasteiger partial charge on any atom is -0.409 e. The molecule has 1 aromatic heterocycles. The Labute approximate surface area is 119 Å². The van der Waals surface area contributed by atoms with E-state index >= 15 is 0 Å². The first-order chi connectivity index (χ1) is 10.0. The Bertz CT molecular complexity index is 700. The van der Waals surface area contributed by atoms with Gasteiger partial charge in [0.2, 0.25) is 0 Å². The molecule has 0 bridgehead atoms. The number of halogens is 1. The summed E-state index contributed by atoms with van der Waals surface area (Å²) in [4.78, 5) is 19.9. The van der Waals surface area contributed by atoms with E-state index in [-0.39, 0.29) is 22.8 Å². The van der Waals surface area contributed by atoms with Crippen LogP contribution < -0.4 is 11.1 Å². The molecule has 1 heterocycles. The fourth-order valence-corrected chi connectivity index (χ4v) is 1.59. The highest BCUT2D eigenvalue weighted by Gasteiger charge is 2.14. The Kier molecular flexibility index (Phi) is 4.07. The Morgan fingerprint density at radius 2 is 2.14 bits per heavy atom. The highest BCUT2D eigenvalue weighted by Crippen LogP contribution is 2.17. The van der Waals surface area contributed by atoms with Crippen molar-refractivity contribution in [3.05, 3.63) is 53.4 Å². The number of nitrogens with one attached hydrogen (secondary N) is 1. The van der Waals surface area contributed by atoms with Crippen molar-refractivity contribution in [2.24, 2.45) is 10.9 Å². The van der Waals surface area contributed by atoms with E-state index in [9.17, 15) is 9.18 Å². The molecular formula is C13H12FN5O2. The number of carbonyl (C=O) groups is 1. The van der Waals surface area contributed by atoms with Crippen LogP contribution in [0.2, 0.25) is 0 Å². The lowest BCUT2D eigenvalue weighted by Crippen LogP contribution is -2.20. The summed E-state index contributed by atoms with van der Waals surface area (Å²) >= 11 is 0. The monoisotopic (exact) mass is 289 g/mol. The zero-order chi connectivity index (χ0) is 15.4. The maximum absolute atomic E-state index is 13.2. The largest absolute Gasteiger partial charge is 0.409 e. The summed E-state index contributed by atoms with van der Waals surface area (Å²) in [5.74, 6) is -1.44. The molecule has 0 fully saturated rings. The molecule has 8 heteroatoms. The van der Waals surface area contributed by atoms with E-state index in [1.54, 1.807) is 6.92 Å². The first-order valence-corrected chi connectivity index (χ1v) is 5.88. The third-order valence-corrected chi connectivity index (χ3v) is 2.63. The molecule has 0 unspecified atom stereocenters. The third-order valence-electron chi connectivity index (χ3n) is 2.63. The average molecular weight is 289 g/mol. The van der Waals surface area contributed by atoms with Gasteiger partial charge in [0.1, 0.15) is 11.5 Å². The minimum atomic E-state index is -0.579. The molecule has 0 aliphatic heterocycles. The maximum atomic E-state index is 13.2. The molecule has 1 amide bonds. The van der Waals surface area contributed by atoms with Crippen molar-refractivity contribution < 1.29 is 14.4 Å². The van der Waals surface area contributed by atoms with Gasteiger partial charge in [0.25, 0.3) is 5.91 Å². The number of nitrogens with zero attached hydrogens (tertiary/aromatic N) is 3. The summed E-state index contributed by atoms with van der Waals surface area (Å²) in [7, 11) is 0. The Morgan fingerprint density at radius 3 is 2.76 bits per heavy atom. The van der Waals surface area contributed by atoms with Gasteiger partial charge in [-0.25, -0.2) is 9.37 Å². The van der Waals surface area contributed by atoms with E-state index < -0.39 is 11.7 Å². The molecular weight excluding hydrogens is 277 g/mol. The van der Waals surface area contributed by atoms with Crippen LogP contribution in [0.3, 0.4) is 0 Å². The van der Waals surface area contributed by atoms with Gasteiger partial charge in [-0.15, -0.1) is 0 Å². The standard InChI is InChI=1S/C13H12FN5O2/c1-7-5-17-11(6-16-7)13(20)18-10-3-2-8(14)4-9(10)12(15)19-21/h2-6,21H,1H3,(H2,15,19)(H,18,20). The number of amides is 1. The van der Waals surface area contributed by atoms with Crippen molar-refractivity contribution in [3.8, 4) is 0 Å². The van der Waals surface area contributed by atoms with Crippen LogP contribution in [0.25, 0.3) is 0 Å². The number of benzene rings is 1. The zero-order valence-corrected chi connectivity index (χ0v) is 11.0. The fraction of sp³-hybridized carbons (Fsp3) is 0.0769. The quantitative estimate of drug-likeness (QED) is 0.341. The number of oxime groups is 1. The van der Waals surface area contributed by atoms with E-state index in [1.165, 1.54) is 18.5 Å². The average Bonchev–Trinajstić information content (AvgIpc) is 2.48. The number of aryl methyl sites for hydroxylation is 1. The molecule has 0 aliphatic rings. The molecule has 0 aliphatic carbocycles. The van der Waals surface area contributed by atoms with Gasteiger partial charge in [0.05, 0.1) is 17.6 Å². The molecule has 108 valence electrons. The molecule has 21 heavy (non-hydrogen) atoms. The molecule has 0 atom stereocenters. The van der Waals surface area contributed by atoms with Crippen LogP contribution in [0.1, 0.15) is 21.7 Å². The molecule has 0 saturated heterocycles. The van der Waals surface area contributed by atoms with Gasteiger partial charge >= 0.3 is 0 Å². The summed E-state index contributed by atoms with van der Waals surface area (Å²) < 4.78 is 13.2. The molecule has 0 saturated carbocycles. The van der Waals surface area contributed by atoms with Crippen LogP contribution >= 0.6 is 0 Å². The smallest absolute Gasteiger partial charge is 0.275 e. The van der Waals surface area contributed by atoms with Crippen molar-refractivity contribution in [1.29, 1.82) is 0 Å². The number of amidine groups is 1. The van der Waals surface area contributed by atoms with Gasteiger partial charge in [-0.2, -0.15) is 0 Å². The highest BCUT2D eigenvalue weighted by molar-refractivity contribution is 6.09. The van der Waals surface area contributed by atoms with Gasteiger partial charge in [0.15, 0.2) is 5.84 Å². The fourth-order valence-electron chi connectivity index (χ4n) is 1.59. The summed E-state index contributed by atoms with van der Waals surface area (Å²) in [5.41, 5.74) is 6.47. The van der Waals surface area contributed by atoms with E-state index in [0.29, 0.717) is 5.69 Å². The summed E-state index contributed by atoms with van der Waals surface area (Å²) in [6, 6.07) is 3.50. The Balaban J connectivity index is 2.31. The summed E-state index contributed by atoms with van der Waals surface area (Å²) in [5, 5.41) is 14.0. The number of carbonyl (C=O) groups excluding carboxylic acids is 1. The molecule has 4 N–H and O–H groups in total. The molecule has 7 nitrogen and oxygen atoms in total. The lowest BCUT2D eigenvalue weighted by Gasteiger charge is -2.10. The van der Waals surface area contributed by atoms with Crippen LogP contribution in [-0.4, -0.2) is 26.9 Å². The van der Waals surface area contributed by atoms with Gasteiger partial charge in [-0.05, 0) is 25.1 Å². The van der Waals surface area contributed by atoms with Gasteiger partial charge in [0, 0.05) is 11.8 Å². The summed E-state index contributed by atoms with van der Waals surface area (Å²) in [6.07, 6.45) is 2.77. The van der Waals surface area contributed by atoms with Gasteiger partial charge in [-0.3, -0.25) is 9.78 Å². The second-order valence-electron chi connectivity index (χ2n) is 4.17. The molecule has 0 radical (unpaired) electrons. The molecule has 1 aromatic carbocycles. The topological polar surface area (TPSA) is 113 Å².